The van der Waals surface area contributed by atoms with Crippen LogP contribution in [0.3, 0.4) is 0 Å². The van der Waals surface area contributed by atoms with Crippen molar-refractivity contribution in [3.63, 3.8) is 0 Å². The van der Waals surface area contributed by atoms with Crippen LogP contribution in [0, 0.1) is 42.1 Å². The summed E-state index contributed by atoms with van der Waals surface area (Å²) in [5, 5.41) is 49.8. The van der Waals surface area contributed by atoms with Gasteiger partial charge < -0.3 is 36.3 Å². The second-order valence-corrected chi connectivity index (χ2v) is 20.6. The molecule has 0 aliphatic carbocycles. The van der Waals surface area contributed by atoms with Gasteiger partial charge in [-0.3, -0.25) is 49.5 Å². The molecule has 2 saturated heterocycles. The van der Waals surface area contributed by atoms with Gasteiger partial charge >= 0.3 is 30.8 Å². The number of carbonyl (C=O) groups is 4. The number of aliphatic hydroxyl groups excluding tert-OH is 2. The minimum absolute atomic E-state index is 0. The third-order valence-corrected chi connectivity index (χ3v) is 13.9. The van der Waals surface area contributed by atoms with Gasteiger partial charge in [-0.2, -0.15) is 0 Å². The molecule has 0 spiro atoms. The van der Waals surface area contributed by atoms with Crippen LogP contribution in [-0.4, -0.2) is 119 Å². The quantitative estimate of drug-likeness (QED) is 0.0278. The molecule has 4 N–H and O–H groups in total. The molecule has 2 heterocycles. The predicted molar refractivity (Wildman–Crippen MR) is 310 cm³/mol. The van der Waals surface area contributed by atoms with E-state index in [2.05, 4.69) is 81.4 Å². The summed E-state index contributed by atoms with van der Waals surface area (Å²) in [5.74, 6) is -2.78. The molecule has 4 aromatic rings. The number of hydrogen-bond donors (Lipinski definition) is 3. The Labute approximate surface area is 511 Å². The molecule has 428 valence electrons. The first-order valence-electron chi connectivity index (χ1n) is 22.8. The maximum Gasteiger partial charge on any atom is 1.00 e. The molecule has 0 aromatic heterocycles. The van der Waals surface area contributed by atoms with Crippen LogP contribution in [0.5, 0.6) is 0 Å². The molecule has 2 unspecified atom stereocenters. The average Bonchev–Trinajstić information content (AvgIpc) is 3.95. The van der Waals surface area contributed by atoms with Crippen molar-refractivity contribution < 1.29 is 87.8 Å². The fourth-order valence-corrected chi connectivity index (χ4v) is 9.05. The molecule has 2 fully saturated rings. The van der Waals surface area contributed by atoms with Crippen molar-refractivity contribution in [1.29, 1.82) is 0 Å². The fraction of sp³-hybridized carbons (Fsp3) is 0.451. The summed E-state index contributed by atoms with van der Waals surface area (Å²) in [6.07, 6.45) is 2.56. The molecule has 6 rings (SSSR count). The third-order valence-electron chi connectivity index (χ3n) is 11.3. The van der Waals surface area contributed by atoms with Crippen LogP contribution in [-0.2, 0) is 54.4 Å². The van der Waals surface area contributed by atoms with E-state index in [9.17, 15) is 64.1 Å². The number of esters is 2. The van der Waals surface area contributed by atoms with Crippen molar-refractivity contribution in [2.45, 2.75) is 91.9 Å². The van der Waals surface area contributed by atoms with Crippen LogP contribution in [0.1, 0.15) is 93.8 Å². The Hall–Kier alpha value is -4.02. The monoisotopic (exact) mass is 1360 g/mol. The number of nitrogens with zero attached hydrogens (tertiary/aromatic N) is 3. The van der Waals surface area contributed by atoms with E-state index in [1.807, 2.05) is 12.1 Å². The normalized spacial score (nSPS) is 13.5. The zero-order chi connectivity index (χ0) is 57.4. The van der Waals surface area contributed by atoms with Crippen molar-refractivity contribution in [3.8, 4) is 0 Å². The molecule has 0 saturated carbocycles. The number of benzene rings is 4. The largest absolute Gasteiger partial charge is 1.00 e. The van der Waals surface area contributed by atoms with E-state index in [1.54, 1.807) is 27.7 Å². The summed E-state index contributed by atoms with van der Waals surface area (Å²) >= 11 is 12.7. The zero-order valence-electron chi connectivity index (χ0n) is 44.5. The molecule has 20 nitrogen and oxygen atoms in total. The summed E-state index contributed by atoms with van der Waals surface area (Å²) in [7, 11) is 0. The number of nitro groups is 3. The first-order chi connectivity index (χ1) is 35.0. The number of halogens is 5. The summed E-state index contributed by atoms with van der Waals surface area (Å²) in [4.78, 5) is 75.0. The van der Waals surface area contributed by atoms with Gasteiger partial charge in [0.25, 0.3) is 17.1 Å². The van der Waals surface area contributed by atoms with Crippen LogP contribution in [0.4, 0.5) is 27.1 Å². The fourth-order valence-electron chi connectivity index (χ4n) is 6.20. The number of anilines is 1. The molecule has 2 aliphatic rings. The third kappa shape index (κ3) is 24.0. The Bertz CT molecular complexity index is 2630. The second kappa shape index (κ2) is 37.8. The van der Waals surface area contributed by atoms with Gasteiger partial charge in [0.2, 0.25) is 0 Å². The topological polar surface area (TPSA) is 301 Å². The Kier molecular flexibility index (Phi) is 37.9. The maximum absolute atomic E-state index is 12.5. The first kappa shape index (κ1) is 78.2. The van der Waals surface area contributed by atoms with E-state index in [-0.39, 0.29) is 97.6 Å². The summed E-state index contributed by atoms with van der Waals surface area (Å²) < 4.78 is 34.2. The van der Waals surface area contributed by atoms with Crippen LogP contribution in [0.2, 0.25) is 0 Å². The number of hydrogen-bond acceptors (Lipinski definition) is 17. The molecule has 0 amide bonds. The number of non-ortho nitro benzene ring substituents is 3. The van der Waals surface area contributed by atoms with E-state index in [1.165, 1.54) is 75.6 Å². The van der Waals surface area contributed by atoms with E-state index >= 15 is 0 Å². The SMILES string of the molecule is C.C1CCOC1.CC(CO)(CO)c1ccc([N+](=O)[O-])cc1Br.CC1(c2ccc(N)cc2Br)COC1.CCOC(=O)C(C)(C(C)=O)c1ccc([N+](=O)[O-])cc1Br.CCOC(=O)C(C)C(C)=O.O=[N+]([O-])c1ccc(F)c(Br)c1.[AlH3].[H-].[Li+]. The first-order valence-corrected chi connectivity index (χ1v) is 25.9. The molecule has 0 radical (unpaired) electrons. The molecule has 78 heavy (non-hydrogen) atoms. The van der Waals surface area contributed by atoms with Crippen LogP contribution >= 0.6 is 63.7 Å². The zero-order valence-corrected chi connectivity index (χ0v) is 49.8. The molecular weight excluding hydrogens is 1300 g/mol. The van der Waals surface area contributed by atoms with Crippen LogP contribution in [0.15, 0.2) is 90.7 Å². The van der Waals surface area contributed by atoms with Gasteiger partial charge in [-0.1, -0.05) is 81.2 Å². The smallest absolute Gasteiger partial charge is 1.00 e. The molecule has 4 aromatic carbocycles. The number of ether oxygens (including phenoxy) is 4. The Morgan fingerprint density at radius 1 is 0.744 bits per heavy atom. The van der Waals surface area contributed by atoms with Gasteiger partial charge in [0.05, 0.1) is 58.9 Å². The van der Waals surface area contributed by atoms with Crippen molar-refractivity contribution >= 4 is 127 Å². The number of rotatable bonds is 14. The number of nitrogens with two attached hydrogens (primary N) is 1. The van der Waals surface area contributed by atoms with E-state index in [4.69, 9.17) is 19.9 Å². The van der Waals surface area contributed by atoms with Crippen LogP contribution < -0.4 is 24.6 Å². The summed E-state index contributed by atoms with van der Waals surface area (Å²) in [5.41, 5.74) is 6.30. The molecule has 2 aliphatic heterocycles. The predicted octanol–water partition coefficient (Wildman–Crippen LogP) is 7.32. The summed E-state index contributed by atoms with van der Waals surface area (Å²) in [6.45, 7) is 16.5. The minimum Gasteiger partial charge on any atom is -1.00 e. The van der Waals surface area contributed by atoms with E-state index in [0.717, 1.165) is 54.8 Å². The minimum atomic E-state index is -1.50. The number of carbonyl (C=O) groups excluding carboxylic acids is 4. The van der Waals surface area contributed by atoms with Gasteiger partial charge in [0.1, 0.15) is 22.9 Å². The standard InChI is InChI=1S/C13H14BrNO5.C10H12BrNO4.C10H12BrNO.C7H12O3.C6H3BrFNO2.C4H8O.CH4.Al.Li.4H/c1-4-20-12(17)13(3,8(2)16)10-6-5-9(15(18)19)7-11(10)14;1-10(5-13,6-14)8-3-2-7(12(15)16)4-9(8)11;1-10(5-13-6-10)8-3-2-7(12)4-9(8)11;1-4-10-7(9)5(2)6(3)8;7-5-3-4(9(10)11)1-2-6(5)8;1-2-4-5-3-1;;;;;;;/h5-7H,4H2,1-3H3;2-4,13-14H,5-6H2,1H3;2-4H,5-6,12H2,1H3;5H,4H2,1-3H3;1-3H;1-4H2;1H4;;;;;;/q;;;;;;;;+1;;;;-1. The maximum atomic E-state index is 12.5. The summed E-state index contributed by atoms with van der Waals surface area (Å²) in [6, 6.07) is 17.4. The van der Waals surface area contributed by atoms with E-state index < -0.39 is 55.1 Å². The number of Topliss-reactive ketones (excluding diaryl/α,β-unsaturated/α-hetero) is 2. The Balaban J connectivity index is -0.000000437. The number of aliphatic hydroxyl groups is 2. The Morgan fingerprint density at radius 3 is 1.50 bits per heavy atom. The van der Waals surface area contributed by atoms with Crippen molar-refractivity contribution in [2.75, 3.05) is 58.6 Å². The van der Waals surface area contributed by atoms with Gasteiger partial charge in [-0.15, -0.1) is 0 Å². The number of ketones is 2. The van der Waals surface area contributed by atoms with Crippen molar-refractivity contribution in [1.82, 2.24) is 0 Å². The molecule has 27 heteroatoms. The molecule has 2 atom stereocenters. The number of nitrogen functional groups attached to an aromatic ring is 1. The van der Waals surface area contributed by atoms with Gasteiger partial charge in [0.15, 0.2) is 23.1 Å². The molecular formula is C51H69AlBr4FLiN4O16. The number of nitro benzene ring substituents is 3. The van der Waals surface area contributed by atoms with Gasteiger partial charge in [0, 0.05) is 79.5 Å². The molecule has 0 bridgehead atoms. The van der Waals surface area contributed by atoms with Gasteiger partial charge in [-0.25, -0.2) is 4.39 Å². The second-order valence-electron chi connectivity index (χ2n) is 17.2. The van der Waals surface area contributed by atoms with E-state index in [0.29, 0.717) is 26.7 Å². The van der Waals surface area contributed by atoms with Crippen LogP contribution in [0.25, 0.3) is 0 Å². The van der Waals surface area contributed by atoms with Crippen molar-refractivity contribution in [2.24, 2.45) is 5.92 Å². The Morgan fingerprint density at radius 2 is 1.18 bits per heavy atom. The average molecular weight is 1370 g/mol. The van der Waals surface area contributed by atoms with Crippen molar-refractivity contribution in [3.05, 3.63) is 144 Å². The van der Waals surface area contributed by atoms with Gasteiger partial charge in [-0.05, 0) is 111 Å².